The van der Waals surface area contributed by atoms with Gasteiger partial charge in [0.2, 0.25) is 5.95 Å². The summed E-state index contributed by atoms with van der Waals surface area (Å²) in [5.74, 6) is 1.03. The molecular formula is C18H18N4O2. The maximum Gasteiger partial charge on any atom is 0.279 e. The molecule has 0 amide bonds. The number of hydrogen-bond donors (Lipinski definition) is 2. The molecule has 0 radical (unpaired) electrons. The average molecular weight is 322 g/mol. The fourth-order valence-corrected chi connectivity index (χ4v) is 2.35. The Bertz CT molecular complexity index is 917. The van der Waals surface area contributed by atoms with E-state index in [4.69, 9.17) is 4.74 Å². The Kier molecular flexibility index (Phi) is 4.29. The van der Waals surface area contributed by atoms with Gasteiger partial charge in [0.25, 0.3) is 5.56 Å². The van der Waals surface area contributed by atoms with Crippen molar-refractivity contribution in [3.63, 3.8) is 0 Å². The molecule has 3 rings (SSSR count). The van der Waals surface area contributed by atoms with E-state index in [0.717, 1.165) is 22.6 Å². The number of anilines is 2. The molecule has 0 aliphatic rings. The van der Waals surface area contributed by atoms with Crippen LogP contribution in [0.1, 0.15) is 11.1 Å². The molecular weight excluding hydrogens is 304 g/mol. The Morgan fingerprint density at radius 1 is 1.04 bits per heavy atom. The van der Waals surface area contributed by atoms with Crippen molar-refractivity contribution in [2.75, 3.05) is 12.4 Å². The molecule has 6 heteroatoms. The van der Waals surface area contributed by atoms with Crippen molar-refractivity contribution in [1.29, 1.82) is 0 Å². The van der Waals surface area contributed by atoms with E-state index in [1.54, 1.807) is 31.4 Å². The summed E-state index contributed by atoms with van der Waals surface area (Å²) in [5.41, 5.74) is 3.79. The molecule has 0 aliphatic heterocycles. The highest BCUT2D eigenvalue weighted by Crippen LogP contribution is 2.21. The minimum absolute atomic E-state index is 0.268. The maximum absolute atomic E-state index is 12.3. The maximum atomic E-state index is 12.3. The Labute approximate surface area is 139 Å². The zero-order valence-electron chi connectivity index (χ0n) is 13.8. The molecule has 0 saturated heterocycles. The number of ether oxygens (including phenoxy) is 1. The van der Waals surface area contributed by atoms with Crippen LogP contribution in [-0.4, -0.2) is 22.3 Å². The summed E-state index contributed by atoms with van der Waals surface area (Å²) in [5, 5.41) is 11.2. The number of benzene rings is 2. The third kappa shape index (κ3) is 3.12. The number of nitrogens with zero attached hydrogens (tertiary/aromatic N) is 2. The van der Waals surface area contributed by atoms with Gasteiger partial charge in [0.15, 0.2) is 5.69 Å². The van der Waals surface area contributed by atoms with Crippen molar-refractivity contribution >= 4 is 11.6 Å². The van der Waals surface area contributed by atoms with Crippen molar-refractivity contribution in [3.05, 3.63) is 63.9 Å². The SMILES string of the molecule is COc1ccc(-c2nnc(Nc3cccc(C)c3C)[nH]c2=O)cc1. The molecule has 0 fully saturated rings. The van der Waals surface area contributed by atoms with E-state index in [2.05, 4.69) is 20.5 Å². The third-order valence-corrected chi connectivity index (χ3v) is 3.92. The van der Waals surface area contributed by atoms with Gasteiger partial charge >= 0.3 is 0 Å². The Morgan fingerprint density at radius 3 is 2.46 bits per heavy atom. The second-order valence-electron chi connectivity index (χ2n) is 5.45. The van der Waals surface area contributed by atoms with Crippen LogP contribution in [0.2, 0.25) is 0 Å². The Hall–Kier alpha value is -3.15. The molecule has 0 saturated carbocycles. The van der Waals surface area contributed by atoms with Crippen LogP contribution in [0.3, 0.4) is 0 Å². The summed E-state index contributed by atoms with van der Waals surface area (Å²) in [6, 6.07) is 13.0. The monoisotopic (exact) mass is 322 g/mol. The van der Waals surface area contributed by atoms with Gasteiger partial charge < -0.3 is 10.1 Å². The lowest BCUT2D eigenvalue weighted by atomic mass is 10.1. The van der Waals surface area contributed by atoms with Crippen LogP contribution in [0.15, 0.2) is 47.3 Å². The first-order chi connectivity index (χ1) is 11.6. The molecule has 122 valence electrons. The minimum Gasteiger partial charge on any atom is -0.497 e. The summed E-state index contributed by atoms with van der Waals surface area (Å²) in [7, 11) is 1.59. The van der Waals surface area contributed by atoms with Crippen LogP contribution in [0.25, 0.3) is 11.3 Å². The Balaban J connectivity index is 1.89. The first-order valence-electron chi connectivity index (χ1n) is 7.53. The number of nitrogens with one attached hydrogen (secondary N) is 2. The number of aromatic amines is 1. The van der Waals surface area contributed by atoms with Crippen LogP contribution in [-0.2, 0) is 0 Å². The van der Waals surface area contributed by atoms with Crippen LogP contribution >= 0.6 is 0 Å². The van der Waals surface area contributed by atoms with Gasteiger partial charge in [-0.2, -0.15) is 0 Å². The van der Waals surface area contributed by atoms with Crippen molar-refractivity contribution in [2.24, 2.45) is 0 Å². The topological polar surface area (TPSA) is 79.9 Å². The molecule has 0 spiro atoms. The quantitative estimate of drug-likeness (QED) is 0.771. The molecule has 6 nitrogen and oxygen atoms in total. The van der Waals surface area contributed by atoms with Crippen LogP contribution in [0, 0.1) is 13.8 Å². The van der Waals surface area contributed by atoms with Crippen LogP contribution < -0.4 is 15.6 Å². The zero-order chi connectivity index (χ0) is 17.1. The molecule has 0 atom stereocenters. The summed E-state index contributed by atoms with van der Waals surface area (Å²) in [6.07, 6.45) is 0. The lowest BCUT2D eigenvalue weighted by Gasteiger charge is -2.10. The summed E-state index contributed by atoms with van der Waals surface area (Å²) in [4.78, 5) is 15.0. The van der Waals surface area contributed by atoms with Crippen LogP contribution in [0.5, 0.6) is 5.75 Å². The first-order valence-corrected chi connectivity index (χ1v) is 7.53. The highest BCUT2D eigenvalue weighted by Gasteiger charge is 2.09. The van der Waals surface area contributed by atoms with Crippen molar-refractivity contribution in [3.8, 4) is 17.0 Å². The standard InChI is InChI=1S/C18H18N4O2/c1-11-5-4-6-15(12(11)2)19-18-20-17(23)16(21-22-18)13-7-9-14(24-3)10-8-13/h4-10H,1-3H3,(H2,19,20,22,23). The van der Waals surface area contributed by atoms with Gasteiger partial charge in [-0.3, -0.25) is 9.78 Å². The van der Waals surface area contributed by atoms with Gasteiger partial charge in [0.1, 0.15) is 5.75 Å². The molecule has 1 aromatic heterocycles. The highest BCUT2D eigenvalue weighted by atomic mass is 16.5. The lowest BCUT2D eigenvalue weighted by Crippen LogP contribution is -2.15. The number of rotatable bonds is 4. The van der Waals surface area contributed by atoms with Crippen molar-refractivity contribution in [1.82, 2.24) is 15.2 Å². The largest absolute Gasteiger partial charge is 0.497 e. The van der Waals surface area contributed by atoms with E-state index in [0.29, 0.717) is 11.5 Å². The highest BCUT2D eigenvalue weighted by molar-refractivity contribution is 5.62. The van der Waals surface area contributed by atoms with Gasteiger partial charge in [-0.25, -0.2) is 0 Å². The summed E-state index contributed by atoms with van der Waals surface area (Å²) >= 11 is 0. The van der Waals surface area contributed by atoms with E-state index in [1.165, 1.54) is 0 Å². The second-order valence-corrected chi connectivity index (χ2v) is 5.45. The lowest BCUT2D eigenvalue weighted by molar-refractivity contribution is 0.415. The van der Waals surface area contributed by atoms with Gasteiger partial charge in [-0.1, -0.05) is 12.1 Å². The molecule has 0 aliphatic carbocycles. The van der Waals surface area contributed by atoms with Crippen molar-refractivity contribution < 1.29 is 4.74 Å². The predicted molar refractivity (Wildman–Crippen MR) is 93.8 cm³/mol. The number of hydrogen-bond acceptors (Lipinski definition) is 5. The summed E-state index contributed by atoms with van der Waals surface area (Å²) < 4.78 is 5.11. The van der Waals surface area contributed by atoms with E-state index in [-0.39, 0.29) is 11.3 Å². The third-order valence-electron chi connectivity index (χ3n) is 3.92. The molecule has 24 heavy (non-hydrogen) atoms. The smallest absolute Gasteiger partial charge is 0.279 e. The number of aryl methyl sites for hydroxylation is 1. The molecule has 0 bridgehead atoms. The van der Waals surface area contributed by atoms with Gasteiger partial charge in [0, 0.05) is 11.3 Å². The van der Waals surface area contributed by atoms with E-state index in [9.17, 15) is 4.79 Å². The van der Waals surface area contributed by atoms with Gasteiger partial charge in [-0.05, 0) is 55.3 Å². The van der Waals surface area contributed by atoms with Crippen LogP contribution in [0.4, 0.5) is 11.6 Å². The molecule has 0 unspecified atom stereocenters. The first kappa shape index (κ1) is 15.7. The Morgan fingerprint density at radius 2 is 1.79 bits per heavy atom. The van der Waals surface area contributed by atoms with Gasteiger partial charge in [-0.15, -0.1) is 10.2 Å². The van der Waals surface area contributed by atoms with Gasteiger partial charge in [0.05, 0.1) is 7.11 Å². The minimum atomic E-state index is -0.303. The normalized spacial score (nSPS) is 10.5. The second kappa shape index (κ2) is 6.54. The molecule has 2 N–H and O–H groups in total. The number of H-pyrrole nitrogens is 1. The summed E-state index contributed by atoms with van der Waals surface area (Å²) in [6.45, 7) is 4.04. The molecule has 3 aromatic rings. The van der Waals surface area contributed by atoms with E-state index >= 15 is 0 Å². The average Bonchev–Trinajstić information content (AvgIpc) is 2.59. The number of aromatic nitrogens is 3. The number of methoxy groups -OCH3 is 1. The van der Waals surface area contributed by atoms with E-state index in [1.807, 2.05) is 32.0 Å². The zero-order valence-corrected chi connectivity index (χ0v) is 13.8. The van der Waals surface area contributed by atoms with E-state index < -0.39 is 0 Å². The fraction of sp³-hybridized carbons (Fsp3) is 0.167. The molecule has 1 heterocycles. The predicted octanol–water partition coefficient (Wildman–Crippen LogP) is 3.20. The van der Waals surface area contributed by atoms with Crippen molar-refractivity contribution in [2.45, 2.75) is 13.8 Å². The fourth-order valence-electron chi connectivity index (χ4n) is 2.35. The molecule has 2 aromatic carbocycles.